The number of hydrogen-bond donors (Lipinski definition) is 1. The van der Waals surface area contributed by atoms with E-state index in [1.807, 2.05) is 0 Å². The number of esters is 1. The molecule has 0 aliphatic carbocycles. The Balaban J connectivity index is 1.68. The number of hydrogen-bond acceptors (Lipinski definition) is 6. The lowest BCUT2D eigenvalue weighted by Gasteiger charge is -2.10. The molecule has 0 heterocycles. The Morgan fingerprint density at radius 2 is 1.61 bits per heavy atom. The molecule has 0 bridgehead atoms. The van der Waals surface area contributed by atoms with E-state index in [4.69, 9.17) is 21.1 Å². The smallest absolute Gasteiger partial charge is 0.338 e. The fourth-order valence-electron chi connectivity index (χ4n) is 2.60. The number of methoxy groups -OCH3 is 1. The molecule has 0 amide bonds. The average molecular weight is 460 g/mol. The van der Waals surface area contributed by atoms with Crippen molar-refractivity contribution in [3.05, 3.63) is 88.9 Å². The third kappa shape index (κ3) is 5.84. The third-order valence-electron chi connectivity index (χ3n) is 4.22. The minimum atomic E-state index is -3.95. The molecule has 0 spiro atoms. The van der Waals surface area contributed by atoms with Gasteiger partial charge in [-0.2, -0.15) is 0 Å². The molecule has 3 aromatic rings. The second-order valence-corrected chi connectivity index (χ2v) is 8.49. The van der Waals surface area contributed by atoms with E-state index >= 15 is 0 Å². The fraction of sp³-hybridized carbons (Fsp3) is 0.0909. The summed E-state index contributed by atoms with van der Waals surface area (Å²) >= 11 is 5.78. The fourth-order valence-corrected chi connectivity index (χ4v) is 3.83. The Bertz CT molecular complexity index is 1190. The van der Waals surface area contributed by atoms with E-state index in [1.54, 1.807) is 36.4 Å². The van der Waals surface area contributed by atoms with Crippen LogP contribution in [0.5, 0.6) is 5.75 Å². The van der Waals surface area contributed by atoms with Crippen molar-refractivity contribution in [1.82, 2.24) is 0 Å². The van der Waals surface area contributed by atoms with Gasteiger partial charge in [0, 0.05) is 16.3 Å². The van der Waals surface area contributed by atoms with Crippen LogP contribution in [-0.4, -0.2) is 33.9 Å². The maximum Gasteiger partial charge on any atom is 0.338 e. The predicted molar refractivity (Wildman–Crippen MR) is 116 cm³/mol. The number of ether oxygens (including phenoxy) is 2. The molecule has 160 valence electrons. The molecule has 1 N–H and O–H groups in total. The van der Waals surface area contributed by atoms with Crippen molar-refractivity contribution >= 4 is 39.1 Å². The second kappa shape index (κ2) is 9.63. The summed E-state index contributed by atoms with van der Waals surface area (Å²) in [6.45, 7) is -0.485. The number of rotatable bonds is 8. The van der Waals surface area contributed by atoms with Gasteiger partial charge in [-0.25, -0.2) is 13.2 Å². The first-order chi connectivity index (χ1) is 14.8. The van der Waals surface area contributed by atoms with Gasteiger partial charge in [0.15, 0.2) is 12.4 Å². The molecule has 0 saturated carbocycles. The minimum absolute atomic E-state index is 0.00140. The zero-order chi connectivity index (χ0) is 22.4. The van der Waals surface area contributed by atoms with E-state index in [-0.39, 0.29) is 10.5 Å². The Morgan fingerprint density at radius 3 is 2.26 bits per heavy atom. The largest absolute Gasteiger partial charge is 0.497 e. The third-order valence-corrected chi connectivity index (χ3v) is 5.85. The van der Waals surface area contributed by atoms with Crippen LogP contribution >= 0.6 is 11.6 Å². The molecular formula is C22H18ClNO6S. The molecule has 7 nitrogen and oxygen atoms in total. The minimum Gasteiger partial charge on any atom is -0.497 e. The van der Waals surface area contributed by atoms with Crippen LogP contribution in [0.4, 0.5) is 5.69 Å². The van der Waals surface area contributed by atoms with Crippen LogP contribution in [0, 0.1) is 0 Å². The molecule has 9 heteroatoms. The van der Waals surface area contributed by atoms with E-state index in [0.717, 1.165) is 0 Å². The van der Waals surface area contributed by atoms with Crippen LogP contribution in [0.15, 0.2) is 77.7 Å². The summed E-state index contributed by atoms with van der Waals surface area (Å²) in [6, 6.07) is 17.8. The lowest BCUT2D eigenvalue weighted by molar-refractivity contribution is 0.0474. The van der Waals surface area contributed by atoms with Gasteiger partial charge < -0.3 is 9.47 Å². The van der Waals surface area contributed by atoms with Gasteiger partial charge in [-0.15, -0.1) is 0 Å². The Hall–Kier alpha value is -3.36. The summed E-state index contributed by atoms with van der Waals surface area (Å²) < 4.78 is 37.8. The van der Waals surface area contributed by atoms with Crippen molar-refractivity contribution in [2.75, 3.05) is 18.4 Å². The molecular weight excluding hydrogens is 442 g/mol. The van der Waals surface area contributed by atoms with E-state index in [0.29, 0.717) is 22.0 Å². The molecule has 3 rings (SSSR count). The van der Waals surface area contributed by atoms with Gasteiger partial charge in [0.25, 0.3) is 10.0 Å². The van der Waals surface area contributed by atoms with Crippen molar-refractivity contribution in [2.24, 2.45) is 0 Å². The van der Waals surface area contributed by atoms with Gasteiger partial charge >= 0.3 is 5.97 Å². The number of benzene rings is 3. The number of nitrogens with one attached hydrogen (secondary N) is 1. The van der Waals surface area contributed by atoms with Gasteiger partial charge in [0.2, 0.25) is 0 Å². The van der Waals surface area contributed by atoms with Crippen molar-refractivity contribution in [2.45, 2.75) is 4.90 Å². The zero-order valence-electron chi connectivity index (χ0n) is 16.4. The standard InChI is InChI=1S/C22H18ClNO6S/c1-29-19-11-9-18(10-12-19)24-31(27,28)20-4-2-3-16(13-20)22(26)30-14-21(25)15-5-7-17(23)8-6-15/h2-13,24H,14H2,1H3. The Morgan fingerprint density at radius 1 is 0.935 bits per heavy atom. The second-order valence-electron chi connectivity index (χ2n) is 6.37. The maximum atomic E-state index is 12.7. The van der Waals surface area contributed by atoms with E-state index < -0.39 is 28.4 Å². The number of Topliss-reactive ketones (excluding diaryl/α,β-unsaturated/α-hetero) is 1. The molecule has 0 saturated heterocycles. The molecule has 0 aliphatic heterocycles. The SMILES string of the molecule is COc1ccc(NS(=O)(=O)c2cccc(C(=O)OCC(=O)c3ccc(Cl)cc3)c2)cc1. The normalized spacial score (nSPS) is 10.9. The highest BCUT2D eigenvalue weighted by Gasteiger charge is 2.18. The summed E-state index contributed by atoms with van der Waals surface area (Å²) in [6.07, 6.45) is 0. The number of halogens is 1. The molecule has 0 aromatic heterocycles. The highest BCUT2D eigenvalue weighted by molar-refractivity contribution is 7.92. The summed E-state index contributed by atoms with van der Waals surface area (Å²) in [5.41, 5.74) is 0.682. The molecule has 3 aromatic carbocycles. The topological polar surface area (TPSA) is 98.8 Å². The van der Waals surface area contributed by atoms with Gasteiger partial charge in [-0.05, 0) is 66.7 Å². The van der Waals surface area contributed by atoms with Gasteiger partial charge in [-0.1, -0.05) is 17.7 Å². The quantitative estimate of drug-likeness (QED) is 0.400. The van der Waals surface area contributed by atoms with E-state index in [9.17, 15) is 18.0 Å². The molecule has 0 radical (unpaired) electrons. The molecule has 0 atom stereocenters. The lowest BCUT2D eigenvalue weighted by atomic mass is 10.1. The Labute approximate surface area is 184 Å². The predicted octanol–water partition coefficient (Wildman–Crippen LogP) is 4.19. The van der Waals surface area contributed by atoms with Gasteiger partial charge in [0.1, 0.15) is 5.75 Å². The summed E-state index contributed by atoms with van der Waals surface area (Å²) in [4.78, 5) is 24.3. The number of ketones is 1. The van der Waals surface area contributed by atoms with Crippen LogP contribution in [0.25, 0.3) is 0 Å². The number of carbonyl (C=O) groups excluding carboxylic acids is 2. The first-order valence-corrected chi connectivity index (χ1v) is 10.9. The molecule has 0 fully saturated rings. The Kier molecular flexibility index (Phi) is 6.94. The highest BCUT2D eigenvalue weighted by atomic mass is 35.5. The number of carbonyl (C=O) groups is 2. The van der Waals surface area contributed by atoms with Crippen LogP contribution < -0.4 is 9.46 Å². The van der Waals surface area contributed by atoms with Crippen LogP contribution in [0.1, 0.15) is 20.7 Å². The van der Waals surface area contributed by atoms with Crippen molar-refractivity contribution in [3.8, 4) is 5.75 Å². The van der Waals surface area contributed by atoms with Crippen LogP contribution in [0.2, 0.25) is 5.02 Å². The molecule has 0 unspecified atom stereocenters. The number of anilines is 1. The number of sulfonamides is 1. The molecule has 31 heavy (non-hydrogen) atoms. The highest BCUT2D eigenvalue weighted by Crippen LogP contribution is 2.20. The lowest BCUT2D eigenvalue weighted by Crippen LogP contribution is -2.16. The first kappa shape index (κ1) is 22.3. The zero-order valence-corrected chi connectivity index (χ0v) is 17.9. The molecule has 0 aliphatic rings. The summed E-state index contributed by atoms with van der Waals surface area (Å²) in [5, 5.41) is 0.481. The average Bonchev–Trinajstić information content (AvgIpc) is 2.78. The first-order valence-electron chi connectivity index (χ1n) is 9.01. The van der Waals surface area contributed by atoms with E-state index in [2.05, 4.69) is 4.72 Å². The summed E-state index contributed by atoms with van der Waals surface area (Å²) in [7, 11) is -2.44. The van der Waals surface area contributed by atoms with Crippen molar-refractivity contribution < 1.29 is 27.5 Å². The van der Waals surface area contributed by atoms with Gasteiger partial charge in [0.05, 0.1) is 17.6 Å². The van der Waals surface area contributed by atoms with Crippen molar-refractivity contribution in [3.63, 3.8) is 0 Å². The van der Waals surface area contributed by atoms with Crippen LogP contribution in [-0.2, 0) is 14.8 Å². The van der Waals surface area contributed by atoms with Crippen LogP contribution in [0.3, 0.4) is 0 Å². The van der Waals surface area contributed by atoms with Crippen molar-refractivity contribution in [1.29, 1.82) is 0 Å². The summed E-state index contributed by atoms with van der Waals surface area (Å²) in [5.74, 6) is -0.639. The maximum absolute atomic E-state index is 12.7. The van der Waals surface area contributed by atoms with Gasteiger partial charge in [-0.3, -0.25) is 9.52 Å². The van der Waals surface area contributed by atoms with E-state index in [1.165, 1.54) is 43.5 Å². The monoisotopic (exact) mass is 459 g/mol.